The molecule has 1 fully saturated rings. The van der Waals surface area contributed by atoms with Crippen LogP contribution in [-0.2, 0) is 11.3 Å². The molecule has 2 unspecified atom stereocenters. The number of pyridine rings is 2. The quantitative estimate of drug-likeness (QED) is 0.307. The normalized spacial score (nSPS) is 20.9. The van der Waals surface area contributed by atoms with Crippen LogP contribution < -0.4 is 15.6 Å². The number of aromatic nitrogens is 4. The molecule has 216 valence electrons. The molecule has 3 aliphatic rings. The fraction of sp³-hybridized carbons (Fsp3) is 0.464. The third-order valence-electron chi connectivity index (χ3n) is 7.48. The van der Waals surface area contributed by atoms with Crippen molar-refractivity contribution >= 4 is 40.8 Å². The van der Waals surface area contributed by atoms with Gasteiger partial charge in [0.1, 0.15) is 22.7 Å². The average Bonchev–Trinajstić information content (AvgIpc) is 3.53. The van der Waals surface area contributed by atoms with E-state index in [1.165, 1.54) is 0 Å². The number of piperidine rings is 1. The molecule has 13 heteroatoms. The maximum atomic E-state index is 13.8. The molecule has 0 aromatic carbocycles. The van der Waals surface area contributed by atoms with Crippen molar-refractivity contribution in [2.75, 3.05) is 28.7 Å². The van der Waals surface area contributed by atoms with E-state index in [1.54, 1.807) is 50.2 Å². The largest absolute Gasteiger partial charge is 0.443 e. The molecule has 0 radical (unpaired) electrons. The summed E-state index contributed by atoms with van der Waals surface area (Å²) in [4.78, 5) is 44.0. The number of anilines is 3. The number of aliphatic hydroxyl groups excluding tert-OH is 1. The van der Waals surface area contributed by atoms with Crippen LogP contribution in [0.15, 0.2) is 36.9 Å². The fourth-order valence-electron chi connectivity index (χ4n) is 5.54. The third kappa shape index (κ3) is 5.41. The molecule has 6 heterocycles. The Morgan fingerprint density at radius 3 is 2.66 bits per heavy atom. The zero-order chi connectivity index (χ0) is 28.9. The van der Waals surface area contributed by atoms with E-state index in [1.807, 2.05) is 12.1 Å². The number of imidazole rings is 1. The van der Waals surface area contributed by atoms with Crippen LogP contribution in [-0.4, -0.2) is 71.9 Å². The number of halogens is 1. The summed E-state index contributed by atoms with van der Waals surface area (Å²) >= 11 is 6.52. The Bertz CT molecular complexity index is 1460. The maximum absolute atomic E-state index is 13.8. The van der Waals surface area contributed by atoms with Crippen LogP contribution in [0.5, 0.6) is 0 Å². The lowest BCUT2D eigenvalue weighted by Crippen LogP contribution is -2.37. The number of carbonyl (C=O) groups excluding carboxylic acids is 2. The van der Waals surface area contributed by atoms with Gasteiger partial charge < -0.3 is 25.5 Å². The van der Waals surface area contributed by atoms with Crippen LogP contribution in [0.1, 0.15) is 73.4 Å². The molecule has 6 rings (SSSR count). The Morgan fingerprint density at radius 1 is 1.17 bits per heavy atom. The Labute approximate surface area is 242 Å². The average molecular weight is 581 g/mol. The number of hydrogen-bond donors (Lipinski definition) is 3. The van der Waals surface area contributed by atoms with E-state index in [0.717, 1.165) is 42.3 Å². The molecular formula is C28H33ClN8O4. The van der Waals surface area contributed by atoms with Crippen molar-refractivity contribution in [3.8, 4) is 0 Å². The lowest BCUT2D eigenvalue weighted by atomic mass is 9.92. The second-order valence-corrected chi connectivity index (χ2v) is 12.1. The summed E-state index contributed by atoms with van der Waals surface area (Å²) in [5.74, 6) is 0.499. The first-order valence-corrected chi connectivity index (χ1v) is 14.2. The molecule has 2 amide bonds. The highest BCUT2D eigenvalue weighted by Gasteiger charge is 2.41. The van der Waals surface area contributed by atoms with Crippen LogP contribution in [0.25, 0.3) is 0 Å². The zero-order valence-electron chi connectivity index (χ0n) is 23.2. The molecule has 41 heavy (non-hydrogen) atoms. The number of rotatable bonds is 4. The summed E-state index contributed by atoms with van der Waals surface area (Å²) < 4.78 is 7.32. The number of amides is 2. The lowest BCUT2D eigenvalue weighted by molar-refractivity contribution is 0.0248. The van der Waals surface area contributed by atoms with Crippen molar-refractivity contribution in [2.24, 2.45) is 0 Å². The van der Waals surface area contributed by atoms with Gasteiger partial charge in [-0.3, -0.25) is 9.78 Å². The van der Waals surface area contributed by atoms with E-state index in [4.69, 9.17) is 21.3 Å². The van der Waals surface area contributed by atoms with E-state index in [9.17, 15) is 14.7 Å². The molecule has 3 N–H and O–H groups in total. The highest BCUT2D eigenvalue weighted by molar-refractivity contribution is 6.21. The highest BCUT2D eigenvalue weighted by atomic mass is 35.5. The number of carbonyl (C=O) groups is 2. The number of nitrogens with zero attached hydrogens (tertiary/aromatic N) is 6. The molecule has 12 nitrogen and oxygen atoms in total. The molecule has 3 aromatic heterocycles. The first kappa shape index (κ1) is 27.3. The van der Waals surface area contributed by atoms with Crippen molar-refractivity contribution in [3.63, 3.8) is 0 Å². The minimum atomic E-state index is -0.766. The second-order valence-electron chi connectivity index (χ2n) is 11.6. The topological polar surface area (TPSA) is 138 Å². The Balaban J connectivity index is 1.34. The van der Waals surface area contributed by atoms with E-state index in [-0.39, 0.29) is 24.1 Å². The van der Waals surface area contributed by atoms with Gasteiger partial charge in [0.25, 0.3) is 5.91 Å². The molecule has 1 saturated heterocycles. The number of nitrogens with one attached hydrogen (secondary N) is 2. The number of aliphatic hydroxyl groups is 1. The van der Waals surface area contributed by atoms with Crippen molar-refractivity contribution < 1.29 is 19.4 Å². The SMILES string of the molecule is CC(C)(C)OC(=O)N1Cc2c(C3CC(Cl)Nn4ccnc43)ncc(Nc3ccc(N4CCC(O)CC4)cn3)c2C1=O. The van der Waals surface area contributed by atoms with Gasteiger partial charge in [-0.1, -0.05) is 11.6 Å². The molecule has 2 atom stereocenters. The fourth-order valence-corrected chi connectivity index (χ4v) is 5.82. The van der Waals surface area contributed by atoms with Gasteiger partial charge in [0.15, 0.2) is 0 Å². The molecule has 3 aliphatic heterocycles. The highest BCUT2D eigenvalue weighted by Crippen LogP contribution is 2.40. The predicted octanol–water partition coefficient (Wildman–Crippen LogP) is 3.91. The number of imide groups is 1. The standard InChI is InChI=1S/C28H33ClN8O4/c1-28(2,3)41-27(40)36-15-19-23(26(36)39)20(14-32-24(19)18-12-21(29)34-37-11-8-30-25(18)37)33-22-5-4-16(13-31-22)35-9-6-17(38)7-10-35/h4-5,8,11,13-14,17-18,21,34,38H,6-7,9-10,12,15H2,1-3H3,(H,31,33). The first-order chi connectivity index (χ1) is 19.6. The van der Waals surface area contributed by atoms with E-state index in [2.05, 4.69) is 25.6 Å². The van der Waals surface area contributed by atoms with E-state index >= 15 is 0 Å². The number of alkyl halides is 1. The summed E-state index contributed by atoms with van der Waals surface area (Å²) in [7, 11) is 0. The van der Waals surface area contributed by atoms with Crippen LogP contribution in [0.4, 0.5) is 22.0 Å². The van der Waals surface area contributed by atoms with Gasteiger partial charge in [0, 0.05) is 31.0 Å². The Hall–Kier alpha value is -3.90. The molecule has 0 bridgehead atoms. The molecule has 0 aliphatic carbocycles. The van der Waals surface area contributed by atoms with Crippen LogP contribution in [0.2, 0.25) is 0 Å². The minimum absolute atomic E-state index is 0.0195. The van der Waals surface area contributed by atoms with Gasteiger partial charge in [-0.15, -0.1) is 0 Å². The molecular weight excluding hydrogens is 548 g/mol. The number of ether oxygens (including phenoxy) is 1. The smallest absolute Gasteiger partial charge is 0.417 e. The van der Waals surface area contributed by atoms with Crippen molar-refractivity contribution in [1.82, 2.24) is 24.5 Å². The summed E-state index contributed by atoms with van der Waals surface area (Å²) in [6, 6.07) is 3.80. The maximum Gasteiger partial charge on any atom is 0.417 e. The van der Waals surface area contributed by atoms with Gasteiger partial charge in [-0.2, -0.15) is 0 Å². The first-order valence-electron chi connectivity index (χ1n) is 13.7. The van der Waals surface area contributed by atoms with E-state index in [0.29, 0.717) is 34.7 Å². The number of hydrogen-bond acceptors (Lipinski definition) is 10. The molecule has 3 aromatic rings. The Morgan fingerprint density at radius 2 is 1.95 bits per heavy atom. The van der Waals surface area contributed by atoms with Crippen LogP contribution >= 0.6 is 11.6 Å². The predicted molar refractivity (Wildman–Crippen MR) is 153 cm³/mol. The van der Waals surface area contributed by atoms with Crippen molar-refractivity contribution in [1.29, 1.82) is 0 Å². The Kier molecular flexibility index (Phi) is 6.98. The van der Waals surface area contributed by atoms with Crippen LogP contribution in [0, 0.1) is 0 Å². The van der Waals surface area contributed by atoms with Gasteiger partial charge in [0.2, 0.25) is 0 Å². The summed E-state index contributed by atoms with van der Waals surface area (Å²) in [6.45, 7) is 6.83. The van der Waals surface area contributed by atoms with Gasteiger partial charge in [-0.25, -0.2) is 24.3 Å². The lowest BCUT2D eigenvalue weighted by Gasteiger charge is -2.31. The summed E-state index contributed by atoms with van der Waals surface area (Å²) in [5, 5.41) is 13.1. The second kappa shape index (κ2) is 10.5. The van der Waals surface area contributed by atoms with Gasteiger partial charge in [0.05, 0.1) is 53.6 Å². The van der Waals surface area contributed by atoms with Crippen molar-refractivity contribution in [3.05, 3.63) is 59.6 Å². The molecule has 0 saturated carbocycles. The van der Waals surface area contributed by atoms with Crippen LogP contribution in [0.3, 0.4) is 0 Å². The zero-order valence-corrected chi connectivity index (χ0v) is 23.9. The molecule has 0 spiro atoms. The summed E-state index contributed by atoms with van der Waals surface area (Å²) in [6.07, 6.45) is 7.82. The van der Waals surface area contributed by atoms with Gasteiger partial charge in [-0.05, 0) is 52.2 Å². The third-order valence-corrected chi connectivity index (χ3v) is 7.75. The van der Waals surface area contributed by atoms with E-state index < -0.39 is 17.6 Å². The van der Waals surface area contributed by atoms with Crippen molar-refractivity contribution in [2.45, 2.75) is 69.7 Å². The summed E-state index contributed by atoms with van der Waals surface area (Å²) in [5.41, 5.74) is 5.03. The van der Waals surface area contributed by atoms with Gasteiger partial charge >= 0.3 is 6.09 Å². The number of fused-ring (bicyclic) bond motifs is 2. The monoisotopic (exact) mass is 580 g/mol. The minimum Gasteiger partial charge on any atom is -0.443 e.